The van der Waals surface area contributed by atoms with Gasteiger partial charge in [-0.3, -0.25) is 10.1 Å². The van der Waals surface area contributed by atoms with Gasteiger partial charge in [-0.15, -0.1) is 0 Å². The molecule has 38 heavy (non-hydrogen) atoms. The molecule has 12 heteroatoms. The third-order valence-electron chi connectivity index (χ3n) is 8.83. The first kappa shape index (κ1) is 26.8. The van der Waals surface area contributed by atoms with E-state index in [1.807, 2.05) is 32.6 Å². The summed E-state index contributed by atoms with van der Waals surface area (Å²) in [7, 11) is -0.508. The highest BCUT2D eigenvalue weighted by molar-refractivity contribution is 6.61. The molecular weight excluding hydrogens is 492 g/mol. The number of rotatable bonds is 5. The van der Waals surface area contributed by atoms with E-state index in [1.54, 1.807) is 12.4 Å². The van der Waals surface area contributed by atoms with Crippen LogP contribution in [0.2, 0.25) is 0 Å². The summed E-state index contributed by atoms with van der Waals surface area (Å²) in [6.45, 7) is 10.5. The number of anilines is 2. The van der Waals surface area contributed by atoms with E-state index in [9.17, 15) is 19.6 Å². The Balaban J connectivity index is 1.15. The van der Waals surface area contributed by atoms with Crippen LogP contribution in [0.15, 0.2) is 30.6 Å². The molecule has 0 spiro atoms. The van der Waals surface area contributed by atoms with Crippen molar-refractivity contribution in [1.82, 2.24) is 9.97 Å². The Labute approximate surface area is 222 Å². The highest BCUT2D eigenvalue weighted by Gasteiger charge is 2.52. The van der Waals surface area contributed by atoms with Crippen molar-refractivity contribution in [2.45, 2.75) is 70.2 Å². The maximum Gasteiger partial charge on any atom is 0.498 e. The van der Waals surface area contributed by atoms with Crippen molar-refractivity contribution >= 4 is 29.9 Å². The molecule has 0 aliphatic carbocycles. The fourth-order valence-electron chi connectivity index (χ4n) is 5.62. The lowest BCUT2D eigenvalue weighted by Crippen LogP contribution is -2.52. The van der Waals surface area contributed by atoms with Crippen LogP contribution in [0.5, 0.6) is 0 Å². The van der Waals surface area contributed by atoms with Gasteiger partial charge in [0, 0.05) is 50.1 Å². The van der Waals surface area contributed by atoms with Gasteiger partial charge >= 0.3 is 7.12 Å². The zero-order valence-corrected chi connectivity index (χ0v) is 22.4. The number of halogens is 1. The van der Waals surface area contributed by atoms with Gasteiger partial charge in [-0.05, 0) is 65.4 Å². The summed E-state index contributed by atoms with van der Waals surface area (Å²) in [6.07, 6.45) is 6.16. The van der Waals surface area contributed by atoms with Gasteiger partial charge < -0.3 is 24.2 Å². The van der Waals surface area contributed by atoms with E-state index in [4.69, 9.17) is 9.31 Å². The first-order valence-corrected chi connectivity index (χ1v) is 13.2. The maximum absolute atomic E-state index is 14.5. The van der Waals surface area contributed by atoms with E-state index in [0.29, 0.717) is 50.7 Å². The van der Waals surface area contributed by atoms with Gasteiger partial charge in [0.15, 0.2) is 5.82 Å². The van der Waals surface area contributed by atoms with E-state index >= 15 is 0 Å². The van der Waals surface area contributed by atoms with Crippen LogP contribution in [-0.4, -0.2) is 70.1 Å². The highest BCUT2D eigenvalue weighted by atomic mass is 19.1. The van der Waals surface area contributed by atoms with E-state index in [2.05, 4.69) is 14.9 Å². The van der Waals surface area contributed by atoms with Crippen molar-refractivity contribution < 1.29 is 23.7 Å². The Morgan fingerprint density at radius 3 is 2.13 bits per heavy atom. The number of hydrogen-bond donors (Lipinski definition) is 1. The molecule has 2 aromatic rings. The summed E-state index contributed by atoms with van der Waals surface area (Å²) in [5, 5.41) is 22.4. The molecule has 1 aromatic heterocycles. The maximum atomic E-state index is 14.5. The number of nitro groups is 1. The first-order valence-electron chi connectivity index (χ1n) is 13.2. The van der Waals surface area contributed by atoms with E-state index in [0.717, 1.165) is 24.4 Å². The molecule has 204 valence electrons. The predicted octanol–water partition coefficient (Wildman–Crippen LogP) is 3.07. The van der Waals surface area contributed by atoms with Gasteiger partial charge in [-0.1, -0.05) is 0 Å². The number of hydrogen-bond acceptors (Lipinski definition) is 9. The molecule has 4 heterocycles. The summed E-state index contributed by atoms with van der Waals surface area (Å²) in [5.41, 5.74) is -0.762. The van der Waals surface area contributed by atoms with Gasteiger partial charge in [0.25, 0.3) is 5.69 Å². The standard InChI is InChI=1S/C26H35BFN5O5/c1-24(2)25(3,4)38-27(37-24)19-16-29-23(30-17-19)32-13-9-26(34,10-14-32)18-7-11-31(12-8-18)22-6-5-20(33(35)36)15-21(22)28/h5-6,15-18,34H,7-14H2,1-4H3. The number of benzene rings is 1. The molecule has 3 aliphatic heterocycles. The van der Waals surface area contributed by atoms with Crippen molar-refractivity contribution in [3.8, 4) is 0 Å². The Bertz CT molecular complexity index is 1170. The summed E-state index contributed by atoms with van der Waals surface area (Å²) in [5.74, 6) is 0.138. The normalized spacial score (nSPS) is 23.1. The largest absolute Gasteiger partial charge is 0.498 e. The minimum atomic E-state index is -0.792. The van der Waals surface area contributed by atoms with E-state index in [-0.39, 0.29) is 11.6 Å². The molecule has 1 N–H and O–H groups in total. The Morgan fingerprint density at radius 1 is 1.03 bits per heavy atom. The first-order chi connectivity index (χ1) is 17.9. The van der Waals surface area contributed by atoms with Gasteiger partial charge in [-0.2, -0.15) is 0 Å². The lowest BCUT2D eigenvalue weighted by atomic mass is 9.74. The molecule has 3 aliphatic rings. The fourth-order valence-corrected chi connectivity index (χ4v) is 5.62. The number of nitrogens with zero attached hydrogens (tertiary/aromatic N) is 5. The van der Waals surface area contributed by atoms with Gasteiger partial charge in [0.2, 0.25) is 5.95 Å². The average Bonchev–Trinajstić information content (AvgIpc) is 3.11. The highest BCUT2D eigenvalue weighted by Crippen LogP contribution is 2.39. The van der Waals surface area contributed by atoms with Gasteiger partial charge in [0.05, 0.1) is 33.5 Å². The zero-order valence-electron chi connectivity index (χ0n) is 22.4. The number of piperidine rings is 2. The lowest BCUT2D eigenvalue weighted by molar-refractivity contribution is -0.385. The minimum absolute atomic E-state index is 0.105. The smallest absolute Gasteiger partial charge is 0.399 e. The molecule has 5 rings (SSSR count). The second-order valence-corrected chi connectivity index (χ2v) is 11.6. The molecule has 0 bridgehead atoms. The van der Waals surface area contributed by atoms with Crippen molar-refractivity contribution in [3.05, 3.63) is 46.5 Å². The molecular formula is C26H35BFN5O5. The molecule has 10 nitrogen and oxygen atoms in total. The van der Waals surface area contributed by atoms with Crippen LogP contribution in [0.25, 0.3) is 0 Å². The summed E-state index contributed by atoms with van der Waals surface area (Å²) >= 11 is 0. The molecule has 0 unspecified atom stereocenters. The quantitative estimate of drug-likeness (QED) is 0.356. The number of aromatic nitrogens is 2. The summed E-state index contributed by atoms with van der Waals surface area (Å²) < 4.78 is 26.7. The second-order valence-electron chi connectivity index (χ2n) is 11.6. The van der Waals surface area contributed by atoms with E-state index in [1.165, 1.54) is 12.1 Å². The Morgan fingerprint density at radius 2 is 1.61 bits per heavy atom. The predicted molar refractivity (Wildman–Crippen MR) is 142 cm³/mol. The van der Waals surface area contributed by atoms with Crippen LogP contribution in [0, 0.1) is 21.8 Å². The van der Waals surface area contributed by atoms with Crippen molar-refractivity contribution in [3.63, 3.8) is 0 Å². The zero-order chi connectivity index (χ0) is 27.3. The van der Waals surface area contributed by atoms with Crippen LogP contribution in [0.4, 0.5) is 21.7 Å². The lowest BCUT2D eigenvalue weighted by Gasteiger charge is -2.46. The van der Waals surface area contributed by atoms with E-state index < -0.39 is 34.7 Å². The number of aliphatic hydroxyl groups is 1. The van der Waals surface area contributed by atoms with Crippen LogP contribution in [0.1, 0.15) is 53.4 Å². The Kier molecular flexibility index (Phi) is 6.85. The number of non-ortho nitro benzene ring substituents is 1. The third-order valence-corrected chi connectivity index (χ3v) is 8.83. The third kappa shape index (κ3) is 4.96. The summed E-state index contributed by atoms with van der Waals surface area (Å²) in [6, 6.07) is 3.77. The van der Waals surface area contributed by atoms with Crippen LogP contribution < -0.4 is 15.3 Å². The molecule has 0 amide bonds. The van der Waals surface area contributed by atoms with Crippen molar-refractivity contribution in [2.24, 2.45) is 5.92 Å². The van der Waals surface area contributed by atoms with Crippen molar-refractivity contribution in [1.29, 1.82) is 0 Å². The van der Waals surface area contributed by atoms with Crippen LogP contribution in [-0.2, 0) is 9.31 Å². The molecule has 3 saturated heterocycles. The molecule has 0 saturated carbocycles. The number of nitro benzene ring substituents is 1. The second kappa shape index (κ2) is 9.73. The molecule has 1 aromatic carbocycles. The van der Waals surface area contributed by atoms with Gasteiger partial charge in [0.1, 0.15) is 0 Å². The average molecular weight is 527 g/mol. The topological polar surface area (TPSA) is 114 Å². The summed E-state index contributed by atoms with van der Waals surface area (Å²) in [4.78, 5) is 23.4. The molecule has 3 fully saturated rings. The minimum Gasteiger partial charge on any atom is -0.399 e. The van der Waals surface area contributed by atoms with Crippen LogP contribution in [0.3, 0.4) is 0 Å². The molecule has 0 radical (unpaired) electrons. The fraction of sp³-hybridized carbons (Fsp3) is 0.615. The SMILES string of the molecule is CC1(C)OB(c2cnc(N3CCC(O)(C4CCN(c5ccc([N+](=O)[O-])cc5F)CC4)CC3)nc2)OC1(C)C. The molecule has 0 atom stereocenters. The Hall–Kier alpha value is -2.83. The van der Waals surface area contributed by atoms with Crippen molar-refractivity contribution in [2.75, 3.05) is 36.0 Å². The van der Waals surface area contributed by atoms with Gasteiger partial charge in [-0.25, -0.2) is 14.4 Å². The van der Waals surface area contributed by atoms with Crippen LogP contribution >= 0.6 is 0 Å². The monoisotopic (exact) mass is 527 g/mol.